The predicted molar refractivity (Wildman–Crippen MR) is 119 cm³/mol. The lowest BCUT2D eigenvalue weighted by Gasteiger charge is -2.30. The van der Waals surface area contributed by atoms with Crippen molar-refractivity contribution in [3.63, 3.8) is 0 Å². The molecule has 0 bridgehead atoms. The summed E-state index contributed by atoms with van der Waals surface area (Å²) >= 11 is 0. The third kappa shape index (κ3) is 6.67. The van der Waals surface area contributed by atoms with Gasteiger partial charge in [0.15, 0.2) is 0 Å². The number of nitro benzene ring substituents is 1. The summed E-state index contributed by atoms with van der Waals surface area (Å²) in [5.74, 6) is -0.131. The Kier molecular flexibility index (Phi) is 7.75. The molecule has 1 aliphatic heterocycles. The Morgan fingerprint density at radius 2 is 1.71 bits per heavy atom. The minimum Gasteiger partial charge on any atom is -0.383 e. The molecule has 2 aromatic rings. The van der Waals surface area contributed by atoms with Gasteiger partial charge >= 0.3 is 0 Å². The minimum atomic E-state index is -0.442. The molecule has 8 nitrogen and oxygen atoms in total. The number of hydrogen-bond donors (Lipinski definition) is 2. The number of piperidine rings is 1. The van der Waals surface area contributed by atoms with Gasteiger partial charge in [0, 0.05) is 56.0 Å². The lowest BCUT2D eigenvalue weighted by molar-refractivity contribution is -0.384. The Hall–Kier alpha value is -3.68. The van der Waals surface area contributed by atoms with E-state index in [2.05, 4.69) is 10.6 Å². The second-order valence-electron chi connectivity index (χ2n) is 7.37. The smallest absolute Gasteiger partial charge is 0.269 e. The first-order chi connectivity index (χ1) is 15.0. The van der Waals surface area contributed by atoms with Crippen molar-refractivity contribution >= 4 is 29.3 Å². The number of nitrogens with one attached hydrogen (secondary N) is 2. The molecule has 0 aromatic heterocycles. The van der Waals surface area contributed by atoms with E-state index >= 15 is 0 Å². The maximum Gasteiger partial charge on any atom is 0.269 e. The molecule has 0 saturated carbocycles. The summed E-state index contributed by atoms with van der Waals surface area (Å²) in [5, 5.41) is 16.7. The molecule has 2 amide bonds. The van der Waals surface area contributed by atoms with E-state index in [1.165, 1.54) is 12.1 Å². The van der Waals surface area contributed by atoms with Crippen LogP contribution in [0.15, 0.2) is 60.7 Å². The highest BCUT2D eigenvalue weighted by molar-refractivity contribution is 5.92. The van der Waals surface area contributed by atoms with Gasteiger partial charge in [-0.3, -0.25) is 19.7 Å². The van der Waals surface area contributed by atoms with Crippen molar-refractivity contribution in [2.75, 3.05) is 31.5 Å². The van der Waals surface area contributed by atoms with Gasteiger partial charge in [0.25, 0.3) is 5.69 Å². The Labute approximate surface area is 181 Å². The van der Waals surface area contributed by atoms with E-state index in [0.717, 1.165) is 11.3 Å². The molecule has 3 rings (SSSR count). The molecular weight excluding hydrogens is 396 g/mol. The van der Waals surface area contributed by atoms with E-state index in [0.29, 0.717) is 39.0 Å². The van der Waals surface area contributed by atoms with Gasteiger partial charge in [-0.2, -0.15) is 0 Å². The number of nitro groups is 1. The van der Waals surface area contributed by atoms with Crippen molar-refractivity contribution in [1.29, 1.82) is 0 Å². The van der Waals surface area contributed by atoms with Gasteiger partial charge in [0.1, 0.15) is 0 Å². The quantitative estimate of drug-likeness (QED) is 0.294. The highest BCUT2D eigenvalue weighted by Gasteiger charge is 2.26. The van der Waals surface area contributed by atoms with Gasteiger partial charge in [-0.25, -0.2) is 0 Å². The second kappa shape index (κ2) is 10.9. The van der Waals surface area contributed by atoms with Gasteiger partial charge in [0.2, 0.25) is 11.8 Å². The maximum absolute atomic E-state index is 12.4. The zero-order chi connectivity index (χ0) is 22.1. The van der Waals surface area contributed by atoms with Crippen LogP contribution in [0.5, 0.6) is 0 Å². The number of non-ortho nitro benzene ring substituents is 1. The van der Waals surface area contributed by atoms with Gasteiger partial charge in [0.05, 0.1) is 4.92 Å². The topological polar surface area (TPSA) is 105 Å². The molecule has 0 unspecified atom stereocenters. The van der Waals surface area contributed by atoms with Crippen LogP contribution >= 0.6 is 0 Å². The number of rotatable bonds is 8. The lowest BCUT2D eigenvalue weighted by atomic mass is 9.96. The van der Waals surface area contributed by atoms with Gasteiger partial charge in [-0.15, -0.1) is 0 Å². The first kappa shape index (κ1) is 22.0. The first-order valence-electron chi connectivity index (χ1n) is 10.3. The van der Waals surface area contributed by atoms with E-state index in [9.17, 15) is 19.7 Å². The van der Waals surface area contributed by atoms with Crippen molar-refractivity contribution in [2.24, 2.45) is 5.92 Å². The zero-order valence-electron chi connectivity index (χ0n) is 17.2. The summed E-state index contributed by atoms with van der Waals surface area (Å²) in [7, 11) is 0. The normalized spacial score (nSPS) is 14.4. The molecule has 2 aromatic carbocycles. The van der Waals surface area contributed by atoms with E-state index in [-0.39, 0.29) is 23.4 Å². The molecule has 1 aliphatic rings. The zero-order valence-corrected chi connectivity index (χ0v) is 17.2. The largest absolute Gasteiger partial charge is 0.383 e. The van der Waals surface area contributed by atoms with Crippen LogP contribution in [0.1, 0.15) is 18.4 Å². The number of carbonyl (C=O) groups is 2. The highest BCUT2D eigenvalue weighted by atomic mass is 16.6. The van der Waals surface area contributed by atoms with Crippen molar-refractivity contribution in [3.05, 3.63) is 76.4 Å². The number of hydrogen-bond acceptors (Lipinski definition) is 5. The Bertz CT molecular complexity index is 920. The summed E-state index contributed by atoms with van der Waals surface area (Å²) in [6.07, 6.45) is 4.68. The molecule has 1 heterocycles. The van der Waals surface area contributed by atoms with Crippen molar-refractivity contribution in [2.45, 2.75) is 12.8 Å². The monoisotopic (exact) mass is 422 g/mol. The molecule has 0 atom stereocenters. The maximum atomic E-state index is 12.4. The van der Waals surface area contributed by atoms with Crippen LogP contribution in [-0.4, -0.2) is 47.8 Å². The van der Waals surface area contributed by atoms with Crippen LogP contribution in [-0.2, 0) is 9.59 Å². The Balaban J connectivity index is 1.34. The van der Waals surface area contributed by atoms with Gasteiger partial charge in [-0.1, -0.05) is 30.3 Å². The molecule has 2 N–H and O–H groups in total. The first-order valence-corrected chi connectivity index (χ1v) is 10.3. The fourth-order valence-corrected chi connectivity index (χ4v) is 3.44. The number of anilines is 1. The third-order valence-corrected chi connectivity index (χ3v) is 5.23. The van der Waals surface area contributed by atoms with E-state index in [4.69, 9.17) is 0 Å². The van der Waals surface area contributed by atoms with Crippen LogP contribution in [0.2, 0.25) is 0 Å². The Morgan fingerprint density at radius 1 is 1.03 bits per heavy atom. The summed E-state index contributed by atoms with van der Waals surface area (Å²) in [6.45, 7) is 2.11. The standard InChI is InChI=1S/C23H26N4O4/c28-22(11-6-18-4-2-1-3-5-18)26-16-12-19(13-17-26)23(29)25-15-14-24-20-7-9-21(10-8-20)27(30)31/h1-11,19,24H,12-17H2,(H,25,29)/b11-6+. The van der Waals surface area contributed by atoms with Crippen LogP contribution in [0.3, 0.4) is 0 Å². The summed E-state index contributed by atoms with van der Waals surface area (Å²) < 4.78 is 0. The molecule has 8 heteroatoms. The van der Waals surface area contributed by atoms with Crippen LogP contribution in [0.4, 0.5) is 11.4 Å². The van der Waals surface area contributed by atoms with Crippen LogP contribution in [0, 0.1) is 16.0 Å². The second-order valence-corrected chi connectivity index (χ2v) is 7.37. The van der Waals surface area contributed by atoms with Crippen LogP contribution in [0.25, 0.3) is 6.08 Å². The third-order valence-electron chi connectivity index (χ3n) is 5.23. The van der Waals surface area contributed by atoms with Crippen LogP contribution < -0.4 is 10.6 Å². The lowest BCUT2D eigenvalue weighted by Crippen LogP contribution is -2.43. The molecule has 31 heavy (non-hydrogen) atoms. The van der Waals surface area contributed by atoms with E-state index < -0.39 is 4.92 Å². The highest BCUT2D eigenvalue weighted by Crippen LogP contribution is 2.18. The number of carbonyl (C=O) groups excluding carboxylic acids is 2. The average Bonchev–Trinajstić information content (AvgIpc) is 2.81. The summed E-state index contributed by atoms with van der Waals surface area (Å²) in [4.78, 5) is 36.7. The SMILES string of the molecule is O=C(NCCNc1ccc([N+](=O)[O-])cc1)C1CCN(C(=O)/C=C/c2ccccc2)CC1. The van der Waals surface area contributed by atoms with Crippen molar-refractivity contribution in [3.8, 4) is 0 Å². The molecular formula is C23H26N4O4. The summed E-state index contributed by atoms with van der Waals surface area (Å²) in [6, 6.07) is 15.8. The minimum absolute atomic E-state index is 0.00238. The number of likely N-dealkylation sites (tertiary alicyclic amines) is 1. The molecule has 162 valence electrons. The molecule has 0 spiro atoms. The molecule has 0 radical (unpaired) electrons. The van der Waals surface area contributed by atoms with Crippen molar-refractivity contribution in [1.82, 2.24) is 10.2 Å². The predicted octanol–water partition coefficient (Wildman–Crippen LogP) is 3.07. The fraction of sp³-hybridized carbons (Fsp3) is 0.304. The van der Waals surface area contributed by atoms with E-state index in [1.807, 2.05) is 30.3 Å². The number of benzene rings is 2. The molecule has 1 saturated heterocycles. The van der Waals surface area contributed by atoms with Gasteiger partial charge in [-0.05, 0) is 36.6 Å². The van der Waals surface area contributed by atoms with Gasteiger partial charge < -0.3 is 15.5 Å². The number of nitrogens with zero attached hydrogens (tertiary/aromatic N) is 2. The van der Waals surface area contributed by atoms with Crippen molar-refractivity contribution < 1.29 is 14.5 Å². The number of amides is 2. The van der Waals surface area contributed by atoms with E-state index in [1.54, 1.807) is 29.2 Å². The average molecular weight is 422 g/mol. The Morgan fingerprint density at radius 3 is 2.35 bits per heavy atom. The molecule has 0 aliphatic carbocycles. The summed E-state index contributed by atoms with van der Waals surface area (Å²) in [5.41, 5.74) is 1.78. The molecule has 1 fully saturated rings. The fourth-order valence-electron chi connectivity index (χ4n) is 3.44.